The van der Waals surface area contributed by atoms with E-state index in [0.29, 0.717) is 23.7 Å². The fourth-order valence-electron chi connectivity index (χ4n) is 6.43. The molecule has 1 aromatic carbocycles. The van der Waals surface area contributed by atoms with Gasteiger partial charge < -0.3 is 25.0 Å². The van der Waals surface area contributed by atoms with Crippen LogP contribution in [0.25, 0.3) is 10.8 Å². The number of pyridine rings is 1. The zero-order chi connectivity index (χ0) is 39.1. The van der Waals surface area contributed by atoms with Gasteiger partial charge in [0.2, 0.25) is 21.8 Å². The van der Waals surface area contributed by atoms with E-state index in [-0.39, 0.29) is 19.4 Å². The Morgan fingerprint density at radius 2 is 1.83 bits per heavy atom. The van der Waals surface area contributed by atoms with Crippen molar-refractivity contribution in [1.29, 1.82) is 0 Å². The molecule has 5 rings (SSSR count). The third-order valence-corrected chi connectivity index (χ3v) is 12.9. The van der Waals surface area contributed by atoms with Crippen LogP contribution in [0, 0.1) is 11.3 Å². The van der Waals surface area contributed by atoms with Crippen molar-refractivity contribution in [3.8, 4) is 5.75 Å². The average Bonchev–Trinajstić information content (AvgIpc) is 3.98. The van der Waals surface area contributed by atoms with Gasteiger partial charge in [0.1, 0.15) is 40.2 Å². The Morgan fingerprint density at radius 1 is 1.13 bits per heavy atom. The number of carbonyl (C=O) groups is 4. The first-order valence-electron chi connectivity index (χ1n) is 17.9. The Morgan fingerprint density at radius 3 is 2.42 bits per heavy atom. The van der Waals surface area contributed by atoms with Gasteiger partial charge in [0, 0.05) is 29.3 Å². The molecule has 1 aromatic heterocycles. The van der Waals surface area contributed by atoms with Crippen molar-refractivity contribution < 1.29 is 37.1 Å². The van der Waals surface area contributed by atoms with Crippen LogP contribution >= 0.6 is 23.4 Å². The number of rotatable bonds is 13. The Hall–Kier alpha value is -3.56. The number of aromatic nitrogens is 1. The summed E-state index contributed by atoms with van der Waals surface area (Å²) in [5.74, 6) is -1.22. The number of amides is 4. The van der Waals surface area contributed by atoms with E-state index >= 15 is 0 Å². The maximum atomic E-state index is 14.6. The zero-order valence-corrected chi connectivity index (χ0v) is 33.7. The van der Waals surface area contributed by atoms with Gasteiger partial charge in [-0.2, -0.15) is 0 Å². The molecule has 3 N–H and O–H groups in total. The number of hydrogen-bond acceptors (Lipinski definition) is 10. The van der Waals surface area contributed by atoms with Crippen LogP contribution in [0.3, 0.4) is 0 Å². The molecule has 3 aliphatic rings. The molecule has 13 nitrogen and oxygen atoms in total. The SMILES string of the molecule is C=CC1C[C@]1(NC(=O)[C@@H]1C[C@@H](Oc2ccc3c(Cl)nccc3c2SCCC)CN1C(=O)[C@@H](NC(=O)OC(C)(C)C)C(C)(C)C)C(=O)NS(=O)(=O)C1CC1. The molecule has 2 aliphatic carbocycles. The smallest absolute Gasteiger partial charge is 0.408 e. The second-order valence-electron chi connectivity index (χ2n) is 16.0. The quantitative estimate of drug-likeness (QED) is 0.137. The lowest BCUT2D eigenvalue weighted by molar-refractivity contribution is -0.143. The number of sulfonamides is 1. The van der Waals surface area contributed by atoms with E-state index in [1.807, 2.05) is 12.1 Å². The maximum Gasteiger partial charge on any atom is 0.408 e. The van der Waals surface area contributed by atoms with Crippen LogP contribution in [0.5, 0.6) is 5.75 Å². The van der Waals surface area contributed by atoms with Crippen LogP contribution in [-0.4, -0.2) is 89.0 Å². The fourth-order valence-corrected chi connectivity index (χ4v) is 9.02. The van der Waals surface area contributed by atoms with Gasteiger partial charge in [0.25, 0.3) is 5.91 Å². The first-order valence-corrected chi connectivity index (χ1v) is 20.8. The minimum atomic E-state index is -3.90. The summed E-state index contributed by atoms with van der Waals surface area (Å²) in [7, 11) is -3.90. The van der Waals surface area contributed by atoms with E-state index in [0.717, 1.165) is 27.8 Å². The molecule has 0 radical (unpaired) electrons. The van der Waals surface area contributed by atoms with Crippen LogP contribution in [0.4, 0.5) is 4.79 Å². The van der Waals surface area contributed by atoms with Crippen molar-refractivity contribution in [3.63, 3.8) is 0 Å². The minimum Gasteiger partial charge on any atom is -0.487 e. The first-order chi connectivity index (χ1) is 24.7. The van der Waals surface area contributed by atoms with Crippen LogP contribution in [-0.2, 0) is 29.1 Å². The lowest BCUT2D eigenvalue weighted by Gasteiger charge is -2.36. The van der Waals surface area contributed by atoms with Crippen molar-refractivity contribution >= 4 is 68.0 Å². The van der Waals surface area contributed by atoms with Gasteiger partial charge in [-0.3, -0.25) is 19.1 Å². The maximum absolute atomic E-state index is 14.6. The van der Waals surface area contributed by atoms with Crippen LogP contribution in [0.1, 0.15) is 80.6 Å². The van der Waals surface area contributed by atoms with E-state index in [9.17, 15) is 27.6 Å². The third kappa shape index (κ3) is 9.22. The molecule has 53 heavy (non-hydrogen) atoms. The standard InChI is InChI=1S/C37H50ClN5O8S2/c1-9-17-52-28-24-15-16-39-30(38)25(24)13-14-27(28)50-22-18-26(43(20-22)32(45)29(35(3,4)5)40-34(47)51-36(6,7)8)31(44)41-37(19-21(37)10-2)33(46)42-53(48,49)23-11-12-23/h10,13-16,21-23,26,29H,2,9,11-12,17-20H2,1,3-8H3,(H,40,47)(H,41,44)(H,42,46)/t21?,22-,26+,29-,37-/m1/s1. The molecule has 1 saturated heterocycles. The highest BCUT2D eigenvalue weighted by molar-refractivity contribution is 7.99. The summed E-state index contributed by atoms with van der Waals surface area (Å²) < 4.78 is 39.7. The Labute approximate surface area is 320 Å². The number of likely N-dealkylation sites (tertiary alicyclic amines) is 1. The molecule has 1 unspecified atom stereocenters. The molecule has 0 bridgehead atoms. The number of fused-ring (bicyclic) bond motifs is 1. The monoisotopic (exact) mass is 791 g/mol. The van der Waals surface area contributed by atoms with Crippen molar-refractivity contribution in [2.24, 2.45) is 11.3 Å². The Kier molecular flexibility index (Phi) is 11.7. The van der Waals surface area contributed by atoms with E-state index in [4.69, 9.17) is 21.1 Å². The van der Waals surface area contributed by atoms with Gasteiger partial charge in [-0.1, -0.05) is 45.4 Å². The molecule has 4 amide bonds. The molecule has 0 spiro atoms. The number of thioether (sulfide) groups is 1. The first kappa shape index (κ1) is 40.6. The molecule has 290 valence electrons. The fraction of sp³-hybridized carbons (Fsp3) is 0.595. The van der Waals surface area contributed by atoms with Gasteiger partial charge in [-0.05, 0) is 75.8 Å². The highest BCUT2D eigenvalue weighted by Gasteiger charge is 2.62. The topological polar surface area (TPSA) is 173 Å². The van der Waals surface area contributed by atoms with E-state index in [1.165, 1.54) is 11.0 Å². The predicted molar refractivity (Wildman–Crippen MR) is 204 cm³/mol. The van der Waals surface area contributed by atoms with Gasteiger partial charge >= 0.3 is 6.09 Å². The number of ether oxygens (including phenoxy) is 2. The number of hydrogen-bond donors (Lipinski definition) is 3. The third-order valence-electron chi connectivity index (χ3n) is 9.43. The summed E-state index contributed by atoms with van der Waals surface area (Å²) >= 11 is 8.03. The average molecular weight is 792 g/mol. The van der Waals surface area contributed by atoms with E-state index in [2.05, 4.69) is 33.8 Å². The van der Waals surface area contributed by atoms with Gasteiger partial charge in [0.15, 0.2) is 0 Å². The highest BCUT2D eigenvalue weighted by atomic mass is 35.5. The summed E-state index contributed by atoms with van der Waals surface area (Å²) in [6.07, 6.45) is 3.67. The molecule has 1 aliphatic heterocycles. The minimum absolute atomic E-state index is 0.0212. The lowest BCUT2D eigenvalue weighted by Crippen LogP contribution is -2.60. The number of nitrogens with zero attached hydrogens (tertiary/aromatic N) is 2. The molecule has 3 fully saturated rings. The summed E-state index contributed by atoms with van der Waals surface area (Å²) in [5, 5.41) is 6.85. The lowest BCUT2D eigenvalue weighted by atomic mass is 9.85. The van der Waals surface area contributed by atoms with E-state index in [1.54, 1.807) is 65.6 Å². The normalized spacial score (nSPS) is 23.5. The van der Waals surface area contributed by atoms with Gasteiger partial charge in [0.05, 0.1) is 16.7 Å². The molecule has 2 heterocycles. The van der Waals surface area contributed by atoms with Gasteiger partial charge in [-0.25, -0.2) is 18.2 Å². The van der Waals surface area contributed by atoms with Crippen molar-refractivity contribution in [1.82, 2.24) is 25.2 Å². The molecule has 2 aromatic rings. The van der Waals surface area contributed by atoms with Crippen molar-refractivity contribution in [2.45, 2.75) is 120 Å². The molecular formula is C37H50ClN5O8S2. The molecular weight excluding hydrogens is 742 g/mol. The van der Waals surface area contributed by atoms with Crippen molar-refractivity contribution in [2.75, 3.05) is 12.3 Å². The Balaban J connectivity index is 1.47. The second kappa shape index (κ2) is 15.3. The predicted octanol–water partition coefficient (Wildman–Crippen LogP) is 5.35. The Bertz CT molecular complexity index is 1890. The molecule has 2 saturated carbocycles. The van der Waals surface area contributed by atoms with Crippen LogP contribution in [0.15, 0.2) is 41.9 Å². The van der Waals surface area contributed by atoms with Gasteiger partial charge in [-0.15, -0.1) is 18.3 Å². The van der Waals surface area contributed by atoms with E-state index < -0.39 is 79.7 Å². The second-order valence-corrected chi connectivity index (χ2v) is 19.5. The number of alkyl carbamates (subject to hydrolysis) is 1. The number of benzene rings is 1. The number of halogens is 1. The van der Waals surface area contributed by atoms with Crippen LogP contribution in [0.2, 0.25) is 5.15 Å². The zero-order valence-electron chi connectivity index (χ0n) is 31.3. The largest absolute Gasteiger partial charge is 0.487 e. The highest BCUT2D eigenvalue weighted by Crippen LogP contribution is 2.46. The molecule has 16 heteroatoms. The number of carbonyl (C=O) groups excluding carboxylic acids is 4. The van der Waals surface area contributed by atoms with Crippen molar-refractivity contribution in [3.05, 3.63) is 42.2 Å². The number of nitrogens with one attached hydrogen (secondary N) is 3. The summed E-state index contributed by atoms with van der Waals surface area (Å²) in [5.41, 5.74) is -3.19. The molecule has 5 atom stereocenters. The summed E-state index contributed by atoms with van der Waals surface area (Å²) in [6, 6.07) is 3.23. The summed E-state index contributed by atoms with van der Waals surface area (Å²) in [4.78, 5) is 61.8. The van der Waals surface area contributed by atoms with Crippen LogP contribution < -0.4 is 20.1 Å². The summed E-state index contributed by atoms with van der Waals surface area (Å²) in [6.45, 7) is 16.3.